The number of anilines is 4. The highest BCUT2D eigenvalue weighted by atomic mass is 32.1. The number of fused-ring (bicyclic) bond motifs is 1. The van der Waals surface area contributed by atoms with Crippen LogP contribution in [-0.2, 0) is 4.79 Å². The number of rotatable bonds is 6. The first kappa shape index (κ1) is 19.2. The second-order valence-corrected chi connectivity index (χ2v) is 8.91. The fourth-order valence-corrected chi connectivity index (χ4v) is 4.51. The Balaban J connectivity index is 1.31. The van der Waals surface area contributed by atoms with Crippen molar-refractivity contribution in [1.82, 2.24) is 29.5 Å². The number of nitrogens with zero attached hydrogens (tertiary/aromatic N) is 6. The number of nitrogens with one attached hydrogen (secondary N) is 3. The standard InChI is InChI=1S/C20H20FN9OS/c21-12-8-14(17(31)25-20-22-5-7-32-20)30(10-12)19-24-16-2-1-6-29(16)18(26-19)23-15-9-13(27-28-15)11-3-4-11/h1-2,5-7,9,11-12,14H,3-4,8,10H2,(H,22,25,31)(H2,23,24,26,27,28)/t12-,14+/m1/s1. The molecular formula is C20H20FN9OS. The van der Waals surface area contributed by atoms with Gasteiger partial charge in [-0.15, -0.1) is 11.3 Å². The van der Waals surface area contributed by atoms with Crippen molar-refractivity contribution in [2.75, 3.05) is 22.1 Å². The molecule has 1 saturated heterocycles. The van der Waals surface area contributed by atoms with Crippen LogP contribution < -0.4 is 15.5 Å². The summed E-state index contributed by atoms with van der Waals surface area (Å²) in [5.41, 5.74) is 1.74. The molecule has 4 aromatic rings. The molecule has 6 rings (SSSR count). The van der Waals surface area contributed by atoms with Crippen LogP contribution >= 0.6 is 11.3 Å². The predicted molar refractivity (Wildman–Crippen MR) is 118 cm³/mol. The Labute approximate surface area is 185 Å². The van der Waals surface area contributed by atoms with Crippen molar-refractivity contribution in [3.05, 3.63) is 41.7 Å². The highest BCUT2D eigenvalue weighted by Gasteiger charge is 2.39. The van der Waals surface area contributed by atoms with Gasteiger partial charge in [-0.3, -0.25) is 14.3 Å². The lowest BCUT2D eigenvalue weighted by molar-refractivity contribution is -0.117. The summed E-state index contributed by atoms with van der Waals surface area (Å²) in [6.07, 6.45) is 4.70. The zero-order valence-electron chi connectivity index (χ0n) is 16.9. The van der Waals surface area contributed by atoms with E-state index in [1.165, 1.54) is 24.2 Å². The van der Waals surface area contributed by atoms with Crippen molar-refractivity contribution in [2.45, 2.75) is 37.4 Å². The van der Waals surface area contributed by atoms with Gasteiger partial charge in [0.2, 0.25) is 17.8 Å². The van der Waals surface area contributed by atoms with Crippen LogP contribution in [0.2, 0.25) is 0 Å². The molecule has 0 unspecified atom stereocenters. The van der Waals surface area contributed by atoms with Crippen molar-refractivity contribution >= 4 is 45.7 Å². The first-order valence-electron chi connectivity index (χ1n) is 10.4. The van der Waals surface area contributed by atoms with E-state index in [9.17, 15) is 9.18 Å². The lowest BCUT2D eigenvalue weighted by atomic mass is 10.2. The quantitative estimate of drug-likeness (QED) is 0.411. The molecule has 1 amide bonds. The number of alkyl halides is 1. The Morgan fingerprint density at radius 1 is 1.31 bits per heavy atom. The Kier molecular flexibility index (Phi) is 4.52. The minimum absolute atomic E-state index is 0.0422. The summed E-state index contributed by atoms with van der Waals surface area (Å²) in [6, 6.07) is 4.94. The van der Waals surface area contributed by atoms with E-state index in [0.717, 1.165) is 5.69 Å². The topological polar surface area (TPSA) is 116 Å². The van der Waals surface area contributed by atoms with Gasteiger partial charge in [0.1, 0.15) is 17.9 Å². The van der Waals surface area contributed by atoms with Crippen LogP contribution in [0.25, 0.3) is 5.65 Å². The molecular weight excluding hydrogens is 433 g/mol. The second-order valence-electron chi connectivity index (χ2n) is 8.02. The number of hydrogen-bond acceptors (Lipinski definition) is 8. The molecule has 4 aromatic heterocycles. The van der Waals surface area contributed by atoms with E-state index in [1.54, 1.807) is 20.9 Å². The smallest absolute Gasteiger partial charge is 0.249 e. The molecule has 2 atom stereocenters. The van der Waals surface area contributed by atoms with E-state index < -0.39 is 12.2 Å². The zero-order chi connectivity index (χ0) is 21.7. The maximum atomic E-state index is 14.4. The van der Waals surface area contributed by atoms with Gasteiger partial charge in [-0.25, -0.2) is 9.37 Å². The molecule has 164 valence electrons. The van der Waals surface area contributed by atoms with E-state index in [4.69, 9.17) is 0 Å². The summed E-state index contributed by atoms with van der Waals surface area (Å²) < 4.78 is 16.2. The van der Waals surface area contributed by atoms with Crippen molar-refractivity contribution in [3.8, 4) is 0 Å². The van der Waals surface area contributed by atoms with Crippen molar-refractivity contribution < 1.29 is 9.18 Å². The average molecular weight is 454 g/mol. The number of H-pyrrole nitrogens is 1. The second kappa shape index (κ2) is 7.55. The SMILES string of the molecule is O=C(Nc1nccs1)[C@@H]1C[C@@H](F)CN1c1nc(Nc2cc(C3CC3)[nH]n2)n2cccc2n1. The maximum Gasteiger partial charge on any atom is 0.249 e. The third kappa shape index (κ3) is 3.55. The van der Waals surface area contributed by atoms with Gasteiger partial charge < -0.3 is 15.5 Å². The molecule has 2 fully saturated rings. The summed E-state index contributed by atoms with van der Waals surface area (Å²) in [5, 5.41) is 15.6. The number of thiazole rings is 1. The van der Waals surface area contributed by atoms with Crippen LogP contribution in [0.1, 0.15) is 30.9 Å². The fraction of sp³-hybridized carbons (Fsp3) is 0.350. The fourth-order valence-electron chi connectivity index (χ4n) is 3.98. The van der Waals surface area contributed by atoms with Gasteiger partial charge in [-0.2, -0.15) is 15.1 Å². The molecule has 0 spiro atoms. The number of aromatic amines is 1. The molecule has 3 N–H and O–H groups in total. The van der Waals surface area contributed by atoms with Gasteiger partial charge in [0.25, 0.3) is 0 Å². The minimum Gasteiger partial charge on any atom is -0.326 e. The van der Waals surface area contributed by atoms with E-state index in [0.29, 0.717) is 28.5 Å². The largest absolute Gasteiger partial charge is 0.326 e. The van der Waals surface area contributed by atoms with Gasteiger partial charge in [-0.05, 0) is 25.0 Å². The van der Waals surface area contributed by atoms with Crippen LogP contribution in [0.15, 0.2) is 36.0 Å². The third-order valence-corrected chi connectivity index (χ3v) is 6.39. The number of amides is 1. The summed E-state index contributed by atoms with van der Waals surface area (Å²) in [5.74, 6) is 1.65. The van der Waals surface area contributed by atoms with Gasteiger partial charge in [0, 0.05) is 41.9 Å². The molecule has 10 nitrogen and oxygen atoms in total. The molecule has 2 aliphatic rings. The lowest BCUT2D eigenvalue weighted by Crippen LogP contribution is -2.40. The summed E-state index contributed by atoms with van der Waals surface area (Å²) in [7, 11) is 0. The number of hydrogen-bond donors (Lipinski definition) is 3. The van der Waals surface area contributed by atoms with Crippen LogP contribution in [0.5, 0.6) is 0 Å². The highest BCUT2D eigenvalue weighted by molar-refractivity contribution is 7.13. The van der Waals surface area contributed by atoms with Crippen molar-refractivity contribution in [2.24, 2.45) is 0 Å². The third-order valence-electron chi connectivity index (χ3n) is 5.70. The Bertz CT molecular complexity index is 1270. The van der Waals surface area contributed by atoms with Gasteiger partial charge in [0.05, 0.1) is 6.54 Å². The number of aromatic nitrogens is 6. The summed E-state index contributed by atoms with van der Waals surface area (Å²) >= 11 is 1.31. The Morgan fingerprint density at radius 2 is 2.22 bits per heavy atom. The zero-order valence-corrected chi connectivity index (χ0v) is 17.7. The number of carbonyl (C=O) groups excluding carboxylic acids is 1. The van der Waals surface area contributed by atoms with E-state index in [2.05, 4.69) is 35.8 Å². The van der Waals surface area contributed by atoms with E-state index in [-0.39, 0.29) is 24.8 Å². The van der Waals surface area contributed by atoms with Gasteiger partial charge in [0.15, 0.2) is 10.9 Å². The molecule has 0 aromatic carbocycles. The highest BCUT2D eigenvalue weighted by Crippen LogP contribution is 2.39. The van der Waals surface area contributed by atoms with Crippen LogP contribution in [0.4, 0.5) is 27.2 Å². The van der Waals surface area contributed by atoms with E-state index in [1.807, 2.05) is 24.4 Å². The molecule has 32 heavy (non-hydrogen) atoms. The minimum atomic E-state index is -1.16. The van der Waals surface area contributed by atoms with Crippen LogP contribution in [0, 0.1) is 0 Å². The van der Waals surface area contributed by atoms with Crippen molar-refractivity contribution in [3.63, 3.8) is 0 Å². The van der Waals surface area contributed by atoms with Crippen LogP contribution in [-0.4, -0.2) is 54.2 Å². The molecule has 12 heteroatoms. The lowest BCUT2D eigenvalue weighted by Gasteiger charge is -2.23. The van der Waals surface area contributed by atoms with Gasteiger partial charge in [-0.1, -0.05) is 0 Å². The van der Waals surface area contributed by atoms with Gasteiger partial charge >= 0.3 is 0 Å². The van der Waals surface area contributed by atoms with Crippen LogP contribution in [0.3, 0.4) is 0 Å². The number of halogens is 1. The molecule has 5 heterocycles. The molecule has 1 aliphatic heterocycles. The predicted octanol–water partition coefficient (Wildman–Crippen LogP) is 3.09. The Morgan fingerprint density at radius 3 is 3.03 bits per heavy atom. The monoisotopic (exact) mass is 453 g/mol. The summed E-state index contributed by atoms with van der Waals surface area (Å²) in [4.78, 5) is 27.8. The Hall–Kier alpha value is -3.54. The molecule has 1 aliphatic carbocycles. The number of carbonyl (C=O) groups is 1. The maximum absolute atomic E-state index is 14.4. The molecule has 0 radical (unpaired) electrons. The summed E-state index contributed by atoms with van der Waals surface area (Å²) in [6.45, 7) is 0.0422. The van der Waals surface area contributed by atoms with Crippen molar-refractivity contribution in [1.29, 1.82) is 0 Å². The molecule has 1 saturated carbocycles. The first-order valence-corrected chi connectivity index (χ1v) is 11.3. The van der Waals surface area contributed by atoms with E-state index >= 15 is 0 Å². The first-order chi connectivity index (χ1) is 15.6. The molecule has 0 bridgehead atoms. The average Bonchev–Trinajstić information content (AvgIpc) is 3.21. The normalized spacial score (nSPS) is 20.7.